The van der Waals surface area contributed by atoms with Gasteiger partial charge in [-0.15, -0.1) is 0 Å². The lowest BCUT2D eigenvalue weighted by Gasteiger charge is -2.25. The van der Waals surface area contributed by atoms with Crippen molar-refractivity contribution in [3.05, 3.63) is 27.2 Å². The lowest BCUT2D eigenvalue weighted by molar-refractivity contribution is -0.117. The Hall–Kier alpha value is -1.50. The van der Waals surface area contributed by atoms with Crippen LogP contribution in [-0.4, -0.2) is 19.0 Å². The van der Waals surface area contributed by atoms with Crippen molar-refractivity contribution in [3.63, 3.8) is 0 Å². The molecule has 120 valence electrons. The number of hydrogen-bond acceptors (Lipinski definition) is 3. The number of halogens is 3. The van der Waals surface area contributed by atoms with Crippen molar-refractivity contribution in [1.29, 1.82) is 0 Å². The van der Waals surface area contributed by atoms with Crippen LogP contribution in [0.25, 0.3) is 0 Å². The third-order valence-electron chi connectivity index (χ3n) is 3.91. The van der Waals surface area contributed by atoms with Gasteiger partial charge in [0.25, 0.3) is 0 Å². The van der Waals surface area contributed by atoms with Crippen molar-refractivity contribution >= 4 is 33.5 Å². The third kappa shape index (κ3) is 3.14. The van der Waals surface area contributed by atoms with Crippen molar-refractivity contribution in [3.8, 4) is 0 Å². The highest BCUT2D eigenvalue weighted by atomic mass is 79.9. The molecular weight excluding hydrogens is 360 g/mol. The number of methoxy groups -OCH3 is 1. The number of rotatable bonds is 4. The maximum absolute atomic E-state index is 14.1. The van der Waals surface area contributed by atoms with Crippen LogP contribution in [0, 0.1) is 24.5 Å². The molecule has 0 radical (unpaired) electrons. The van der Waals surface area contributed by atoms with Crippen LogP contribution < -0.4 is 5.32 Å². The van der Waals surface area contributed by atoms with Crippen molar-refractivity contribution in [2.24, 2.45) is 5.92 Å². The Kier molecular flexibility index (Phi) is 5.16. The predicted molar refractivity (Wildman–Crippen MR) is 80.7 cm³/mol. The number of carbonyl (C=O) groups is 2. The monoisotopic (exact) mass is 375 g/mol. The minimum Gasteiger partial charge on any atom is -0.465 e. The van der Waals surface area contributed by atoms with Crippen molar-refractivity contribution < 1.29 is 23.1 Å². The maximum atomic E-state index is 14.1. The second-order valence-corrected chi connectivity index (χ2v) is 6.15. The van der Waals surface area contributed by atoms with E-state index in [2.05, 4.69) is 26.0 Å². The molecule has 1 N–H and O–H groups in total. The Morgan fingerprint density at radius 1 is 1.32 bits per heavy atom. The highest BCUT2D eigenvalue weighted by Crippen LogP contribution is 2.35. The quantitative estimate of drug-likeness (QED) is 0.640. The number of nitrogens with one attached hydrogen (secondary N) is 1. The normalized spacial score (nSPS) is 14.4. The van der Waals surface area contributed by atoms with E-state index in [1.54, 1.807) is 0 Å². The van der Waals surface area contributed by atoms with Crippen LogP contribution in [0.5, 0.6) is 0 Å². The first-order valence-corrected chi connectivity index (χ1v) is 7.71. The minimum atomic E-state index is -1.34. The standard InChI is InChI=1S/C15H16BrF2NO3/c1-7-11(16)13(18)12(17)10(15(21)22-2)14(7)19-9(20)6-8-4-3-5-8/h8H,3-6H2,1-2H3,(H,19,20). The largest absolute Gasteiger partial charge is 0.465 e. The fourth-order valence-corrected chi connectivity index (χ4v) is 2.75. The van der Waals surface area contributed by atoms with E-state index in [-0.39, 0.29) is 21.6 Å². The number of amides is 1. The van der Waals surface area contributed by atoms with Crippen molar-refractivity contribution in [2.45, 2.75) is 32.6 Å². The van der Waals surface area contributed by atoms with Gasteiger partial charge in [0.1, 0.15) is 5.56 Å². The first-order chi connectivity index (χ1) is 10.4. The van der Waals surface area contributed by atoms with E-state index in [0.29, 0.717) is 12.3 Å². The summed E-state index contributed by atoms with van der Waals surface area (Å²) < 4.78 is 32.2. The zero-order valence-corrected chi connectivity index (χ0v) is 13.9. The van der Waals surface area contributed by atoms with E-state index in [9.17, 15) is 18.4 Å². The zero-order valence-electron chi connectivity index (χ0n) is 12.3. The van der Waals surface area contributed by atoms with Gasteiger partial charge in [-0.2, -0.15) is 0 Å². The molecule has 0 spiro atoms. The Labute approximate surface area is 135 Å². The van der Waals surface area contributed by atoms with Gasteiger partial charge in [0.05, 0.1) is 17.3 Å². The van der Waals surface area contributed by atoms with Gasteiger partial charge in [0, 0.05) is 6.42 Å². The second kappa shape index (κ2) is 6.73. The minimum absolute atomic E-state index is 0.0538. The molecule has 1 saturated carbocycles. The summed E-state index contributed by atoms with van der Waals surface area (Å²) in [5.41, 5.74) is -0.411. The molecular formula is C15H16BrF2NO3. The molecule has 7 heteroatoms. The summed E-state index contributed by atoms with van der Waals surface area (Å²) in [6, 6.07) is 0. The van der Waals surface area contributed by atoms with Gasteiger partial charge in [-0.25, -0.2) is 13.6 Å². The lowest BCUT2D eigenvalue weighted by atomic mass is 9.83. The first-order valence-electron chi connectivity index (χ1n) is 6.92. The molecule has 0 aliphatic heterocycles. The fraction of sp³-hybridized carbons (Fsp3) is 0.467. The highest BCUT2D eigenvalue weighted by Gasteiger charge is 2.28. The van der Waals surface area contributed by atoms with Gasteiger partial charge in [0.15, 0.2) is 11.6 Å². The van der Waals surface area contributed by atoms with Gasteiger partial charge in [-0.3, -0.25) is 4.79 Å². The van der Waals surface area contributed by atoms with Crippen LogP contribution in [0.3, 0.4) is 0 Å². The predicted octanol–water partition coefficient (Wildman–Crippen LogP) is 3.95. The number of esters is 1. The molecule has 1 aliphatic rings. The number of carbonyl (C=O) groups excluding carboxylic acids is 2. The molecule has 2 rings (SSSR count). The van der Waals surface area contributed by atoms with Crippen LogP contribution in [0.15, 0.2) is 4.47 Å². The summed E-state index contributed by atoms with van der Waals surface area (Å²) in [6.45, 7) is 1.48. The van der Waals surface area contributed by atoms with Gasteiger partial charge < -0.3 is 10.1 Å². The highest BCUT2D eigenvalue weighted by molar-refractivity contribution is 9.10. The molecule has 0 unspecified atom stereocenters. The van der Waals surface area contributed by atoms with Crippen molar-refractivity contribution in [1.82, 2.24) is 0 Å². The molecule has 0 heterocycles. The Balaban J connectivity index is 2.39. The molecule has 0 aromatic heterocycles. The first kappa shape index (κ1) is 16.9. The van der Waals surface area contributed by atoms with E-state index >= 15 is 0 Å². The molecule has 1 fully saturated rings. The summed E-state index contributed by atoms with van der Waals surface area (Å²) in [6.07, 6.45) is 3.37. The summed E-state index contributed by atoms with van der Waals surface area (Å²) in [7, 11) is 1.07. The number of anilines is 1. The van der Waals surface area contributed by atoms with Crippen LogP contribution in [0.2, 0.25) is 0 Å². The van der Waals surface area contributed by atoms with E-state index in [0.717, 1.165) is 26.4 Å². The van der Waals surface area contributed by atoms with Crippen LogP contribution in [0.1, 0.15) is 41.6 Å². The van der Waals surface area contributed by atoms with Crippen LogP contribution in [-0.2, 0) is 9.53 Å². The number of ether oxygens (including phenoxy) is 1. The molecule has 22 heavy (non-hydrogen) atoms. The fourth-order valence-electron chi connectivity index (χ4n) is 2.38. The van der Waals surface area contributed by atoms with E-state index < -0.39 is 23.2 Å². The number of hydrogen-bond donors (Lipinski definition) is 1. The van der Waals surface area contributed by atoms with Crippen LogP contribution in [0.4, 0.5) is 14.5 Å². The molecule has 1 aromatic rings. The van der Waals surface area contributed by atoms with Gasteiger partial charge >= 0.3 is 5.97 Å². The van der Waals surface area contributed by atoms with E-state index in [1.807, 2.05) is 0 Å². The Morgan fingerprint density at radius 2 is 1.95 bits per heavy atom. The third-order valence-corrected chi connectivity index (χ3v) is 4.85. The average molecular weight is 376 g/mol. The molecule has 4 nitrogen and oxygen atoms in total. The van der Waals surface area contributed by atoms with Gasteiger partial charge in [-0.05, 0) is 47.2 Å². The Bertz CT molecular complexity index is 630. The van der Waals surface area contributed by atoms with E-state index in [4.69, 9.17) is 0 Å². The smallest absolute Gasteiger partial charge is 0.343 e. The molecule has 0 saturated heterocycles. The zero-order chi connectivity index (χ0) is 16.4. The van der Waals surface area contributed by atoms with Gasteiger partial charge in [-0.1, -0.05) is 6.42 Å². The molecule has 1 aromatic carbocycles. The topological polar surface area (TPSA) is 55.4 Å². The van der Waals surface area contributed by atoms with Crippen LogP contribution >= 0.6 is 15.9 Å². The van der Waals surface area contributed by atoms with Crippen molar-refractivity contribution in [2.75, 3.05) is 12.4 Å². The maximum Gasteiger partial charge on any atom is 0.343 e. The summed E-state index contributed by atoms with van der Waals surface area (Å²) in [4.78, 5) is 23.8. The molecule has 0 atom stereocenters. The second-order valence-electron chi connectivity index (χ2n) is 5.36. The summed E-state index contributed by atoms with van der Waals surface area (Å²) in [5, 5.41) is 2.53. The summed E-state index contributed by atoms with van der Waals surface area (Å²) >= 11 is 2.93. The molecule has 1 amide bonds. The average Bonchev–Trinajstić information content (AvgIpc) is 2.46. The summed E-state index contributed by atoms with van der Waals surface area (Å²) in [5.74, 6) is -3.57. The van der Waals surface area contributed by atoms with Gasteiger partial charge in [0.2, 0.25) is 5.91 Å². The lowest BCUT2D eigenvalue weighted by Crippen LogP contribution is -2.23. The Morgan fingerprint density at radius 3 is 2.45 bits per heavy atom. The molecule has 0 bridgehead atoms. The SMILES string of the molecule is COC(=O)c1c(F)c(F)c(Br)c(C)c1NC(=O)CC1CCC1. The van der Waals surface area contributed by atoms with E-state index in [1.165, 1.54) is 6.92 Å². The molecule has 1 aliphatic carbocycles. The number of benzene rings is 1.